The number of anilines is 1. The summed E-state index contributed by atoms with van der Waals surface area (Å²) in [4.78, 5) is 16.3. The van der Waals surface area contributed by atoms with Gasteiger partial charge < -0.3 is 20.2 Å². The maximum atomic E-state index is 11.8. The number of oxazole rings is 1. The third kappa shape index (κ3) is 4.36. The van der Waals surface area contributed by atoms with Gasteiger partial charge in [-0.05, 0) is 42.8 Å². The van der Waals surface area contributed by atoms with Gasteiger partial charge in [0.2, 0.25) is 5.89 Å². The fourth-order valence-electron chi connectivity index (χ4n) is 2.51. The summed E-state index contributed by atoms with van der Waals surface area (Å²) in [5.74, 6) is 0.542. The highest BCUT2D eigenvalue weighted by atomic mass is 16.3. The summed E-state index contributed by atoms with van der Waals surface area (Å²) < 4.78 is 5.72. The Balaban J connectivity index is 1.61. The van der Waals surface area contributed by atoms with Crippen LogP contribution in [0.2, 0.25) is 0 Å². The average Bonchev–Trinajstić information content (AvgIpc) is 3.05. The number of fused-ring (bicyclic) bond motifs is 1. The molecule has 1 atom stereocenters. The van der Waals surface area contributed by atoms with Gasteiger partial charge in [-0.3, -0.25) is 0 Å². The van der Waals surface area contributed by atoms with Gasteiger partial charge in [0, 0.05) is 17.8 Å². The van der Waals surface area contributed by atoms with Crippen LogP contribution < -0.4 is 10.6 Å². The normalized spacial score (nSPS) is 12.1. The molecule has 0 aliphatic carbocycles. The van der Waals surface area contributed by atoms with Gasteiger partial charge in [0.15, 0.2) is 5.58 Å². The predicted octanol–water partition coefficient (Wildman–Crippen LogP) is 3.78. The van der Waals surface area contributed by atoms with Crippen molar-refractivity contribution in [2.45, 2.75) is 25.9 Å². The number of para-hydroxylation sites is 2. The summed E-state index contributed by atoms with van der Waals surface area (Å²) in [5, 5.41) is 15.0. The van der Waals surface area contributed by atoms with E-state index in [4.69, 9.17) is 4.42 Å². The molecule has 3 rings (SSSR count). The van der Waals surface area contributed by atoms with Gasteiger partial charge >= 0.3 is 6.03 Å². The number of benzene rings is 2. The van der Waals surface area contributed by atoms with Crippen molar-refractivity contribution in [3.8, 4) is 11.5 Å². The summed E-state index contributed by atoms with van der Waals surface area (Å²) in [7, 11) is 0. The van der Waals surface area contributed by atoms with E-state index in [1.54, 1.807) is 12.1 Å². The number of aliphatic hydroxyl groups is 1. The molecule has 0 radical (unpaired) electrons. The molecule has 0 saturated carbocycles. The van der Waals surface area contributed by atoms with Gasteiger partial charge in [0.05, 0.1) is 6.10 Å². The maximum Gasteiger partial charge on any atom is 0.319 e. The number of aromatic nitrogens is 1. The van der Waals surface area contributed by atoms with E-state index in [0.717, 1.165) is 23.1 Å². The van der Waals surface area contributed by atoms with Crippen LogP contribution in [-0.2, 0) is 0 Å². The first kappa shape index (κ1) is 17.0. The molecular weight excluding hydrogens is 318 g/mol. The SMILES string of the molecule is CCCC(O)CNC(=O)Nc1ccc(-c2nc3ccccc3o2)cc1. The zero-order valence-electron chi connectivity index (χ0n) is 14.0. The average molecular weight is 339 g/mol. The minimum absolute atomic E-state index is 0.237. The lowest BCUT2D eigenvalue weighted by molar-refractivity contribution is 0.162. The molecule has 3 aromatic rings. The van der Waals surface area contributed by atoms with Crippen molar-refractivity contribution in [2.75, 3.05) is 11.9 Å². The van der Waals surface area contributed by atoms with Crippen LogP contribution >= 0.6 is 0 Å². The molecular formula is C19H21N3O3. The Hall–Kier alpha value is -2.86. The second-order valence-corrected chi connectivity index (χ2v) is 5.84. The minimum Gasteiger partial charge on any atom is -0.436 e. The maximum absolute atomic E-state index is 11.8. The predicted molar refractivity (Wildman–Crippen MR) is 97.4 cm³/mol. The van der Waals surface area contributed by atoms with Crippen molar-refractivity contribution in [1.29, 1.82) is 0 Å². The van der Waals surface area contributed by atoms with Crippen molar-refractivity contribution in [1.82, 2.24) is 10.3 Å². The van der Waals surface area contributed by atoms with Crippen LogP contribution in [0.25, 0.3) is 22.6 Å². The zero-order chi connectivity index (χ0) is 17.6. The van der Waals surface area contributed by atoms with Gasteiger partial charge in [-0.2, -0.15) is 0 Å². The number of amides is 2. The quantitative estimate of drug-likeness (QED) is 0.638. The number of carbonyl (C=O) groups is 1. The van der Waals surface area contributed by atoms with Gasteiger partial charge in [-0.25, -0.2) is 9.78 Å². The van der Waals surface area contributed by atoms with E-state index in [-0.39, 0.29) is 12.6 Å². The summed E-state index contributed by atoms with van der Waals surface area (Å²) >= 11 is 0. The van der Waals surface area contributed by atoms with Crippen molar-refractivity contribution < 1.29 is 14.3 Å². The summed E-state index contributed by atoms with van der Waals surface area (Å²) in [6.07, 6.45) is 1.03. The Morgan fingerprint density at radius 2 is 1.96 bits per heavy atom. The van der Waals surface area contributed by atoms with Crippen LogP contribution in [0.5, 0.6) is 0 Å². The largest absolute Gasteiger partial charge is 0.436 e. The Morgan fingerprint density at radius 3 is 2.68 bits per heavy atom. The fourth-order valence-corrected chi connectivity index (χ4v) is 2.51. The number of nitrogens with zero attached hydrogens (tertiary/aromatic N) is 1. The van der Waals surface area contributed by atoms with Crippen LogP contribution in [-0.4, -0.2) is 28.8 Å². The molecule has 6 nitrogen and oxygen atoms in total. The minimum atomic E-state index is -0.516. The molecule has 3 N–H and O–H groups in total. The van der Waals surface area contributed by atoms with Gasteiger partial charge in [0.25, 0.3) is 0 Å². The molecule has 2 aromatic carbocycles. The summed E-state index contributed by atoms with van der Waals surface area (Å²) in [6.45, 7) is 2.22. The second-order valence-electron chi connectivity index (χ2n) is 5.84. The third-order valence-electron chi connectivity index (χ3n) is 3.80. The highest BCUT2D eigenvalue weighted by Gasteiger charge is 2.09. The number of urea groups is 1. The van der Waals surface area contributed by atoms with Gasteiger partial charge in [-0.1, -0.05) is 25.5 Å². The lowest BCUT2D eigenvalue weighted by Gasteiger charge is -2.11. The Bertz CT molecular complexity index is 810. The first-order valence-corrected chi connectivity index (χ1v) is 8.34. The van der Waals surface area contributed by atoms with E-state index in [9.17, 15) is 9.90 Å². The van der Waals surface area contributed by atoms with E-state index < -0.39 is 6.10 Å². The van der Waals surface area contributed by atoms with Crippen LogP contribution in [0.4, 0.5) is 10.5 Å². The van der Waals surface area contributed by atoms with Crippen LogP contribution in [0, 0.1) is 0 Å². The number of aliphatic hydroxyl groups excluding tert-OH is 1. The molecule has 0 fully saturated rings. The first-order valence-electron chi connectivity index (χ1n) is 8.34. The number of rotatable bonds is 6. The molecule has 1 heterocycles. The van der Waals surface area contributed by atoms with E-state index in [0.29, 0.717) is 18.0 Å². The lowest BCUT2D eigenvalue weighted by Crippen LogP contribution is -2.35. The van der Waals surface area contributed by atoms with Gasteiger partial charge in [-0.15, -0.1) is 0 Å². The topological polar surface area (TPSA) is 87.4 Å². The van der Waals surface area contributed by atoms with Crippen molar-refractivity contribution in [3.63, 3.8) is 0 Å². The monoisotopic (exact) mass is 339 g/mol. The fraction of sp³-hybridized carbons (Fsp3) is 0.263. The molecule has 1 aromatic heterocycles. The highest BCUT2D eigenvalue weighted by Crippen LogP contribution is 2.25. The Kier molecular flexibility index (Phi) is 5.30. The summed E-state index contributed by atoms with van der Waals surface area (Å²) in [6, 6.07) is 14.5. The first-order chi connectivity index (χ1) is 12.2. The molecule has 0 aliphatic rings. The van der Waals surface area contributed by atoms with Gasteiger partial charge in [0.1, 0.15) is 5.52 Å². The van der Waals surface area contributed by atoms with E-state index in [1.165, 1.54) is 0 Å². The number of nitrogens with one attached hydrogen (secondary N) is 2. The molecule has 0 spiro atoms. The standard InChI is InChI=1S/C19H21N3O3/c1-2-5-15(23)12-20-19(24)21-14-10-8-13(9-11-14)18-22-16-6-3-4-7-17(16)25-18/h3-4,6-11,15,23H,2,5,12H2,1H3,(H2,20,21,24). The molecule has 1 unspecified atom stereocenters. The number of carbonyl (C=O) groups excluding carboxylic acids is 1. The molecule has 0 bridgehead atoms. The lowest BCUT2D eigenvalue weighted by atomic mass is 10.2. The zero-order valence-corrected chi connectivity index (χ0v) is 14.0. The molecule has 0 saturated heterocycles. The molecule has 130 valence electrons. The Morgan fingerprint density at radius 1 is 1.20 bits per heavy atom. The van der Waals surface area contributed by atoms with E-state index >= 15 is 0 Å². The second kappa shape index (κ2) is 7.81. The Labute approximate surface area is 145 Å². The van der Waals surface area contributed by atoms with Crippen molar-refractivity contribution >= 4 is 22.8 Å². The van der Waals surface area contributed by atoms with E-state index in [2.05, 4.69) is 15.6 Å². The van der Waals surface area contributed by atoms with Crippen molar-refractivity contribution in [3.05, 3.63) is 48.5 Å². The van der Waals surface area contributed by atoms with Crippen molar-refractivity contribution in [2.24, 2.45) is 0 Å². The molecule has 2 amide bonds. The van der Waals surface area contributed by atoms with Crippen LogP contribution in [0.15, 0.2) is 52.9 Å². The smallest absolute Gasteiger partial charge is 0.319 e. The number of hydrogen-bond acceptors (Lipinski definition) is 4. The van der Waals surface area contributed by atoms with E-state index in [1.807, 2.05) is 43.3 Å². The number of hydrogen-bond donors (Lipinski definition) is 3. The molecule has 25 heavy (non-hydrogen) atoms. The van der Waals surface area contributed by atoms with Crippen LogP contribution in [0.3, 0.4) is 0 Å². The molecule has 6 heteroatoms. The van der Waals surface area contributed by atoms with Crippen LogP contribution in [0.1, 0.15) is 19.8 Å². The third-order valence-corrected chi connectivity index (χ3v) is 3.80. The molecule has 0 aliphatic heterocycles. The highest BCUT2D eigenvalue weighted by molar-refractivity contribution is 5.89. The summed E-state index contributed by atoms with van der Waals surface area (Å²) in [5.41, 5.74) is 3.04.